The molecule has 0 amide bonds. The van der Waals surface area contributed by atoms with E-state index in [0.29, 0.717) is 0 Å². The van der Waals surface area contributed by atoms with Crippen LogP contribution in [0.15, 0.2) is 41.9 Å². The van der Waals surface area contributed by atoms with Crippen LogP contribution in [0.1, 0.15) is 18.1 Å². The number of ether oxygens (including phenoxy) is 1. The molecule has 0 saturated carbocycles. The first-order valence-electron chi connectivity index (χ1n) is 6.48. The Kier molecular flexibility index (Phi) is 3.10. The minimum Gasteiger partial charge on any atom is -0.508 e. The van der Waals surface area contributed by atoms with Gasteiger partial charge in [0.2, 0.25) is 0 Å². The minimum atomic E-state index is -1.40. The fraction of sp³-hybridized carbons (Fsp3) is 0.267. The molecule has 1 aromatic rings. The molecule has 3 unspecified atom stereocenters. The van der Waals surface area contributed by atoms with Crippen molar-refractivity contribution in [2.75, 3.05) is 0 Å². The number of allylic oxidation sites excluding steroid dienone is 3. The maximum atomic E-state index is 12.2. The second-order valence-corrected chi connectivity index (χ2v) is 5.13. The highest BCUT2D eigenvalue weighted by Gasteiger charge is 2.43. The van der Waals surface area contributed by atoms with Gasteiger partial charge >= 0.3 is 0 Å². The summed E-state index contributed by atoms with van der Waals surface area (Å²) in [5, 5.41) is 38.6. The zero-order valence-corrected chi connectivity index (χ0v) is 10.9. The third-order valence-electron chi connectivity index (χ3n) is 3.63. The molecule has 1 aliphatic carbocycles. The summed E-state index contributed by atoms with van der Waals surface area (Å²) in [6, 6.07) is 3.75. The summed E-state index contributed by atoms with van der Waals surface area (Å²) >= 11 is 0. The summed E-state index contributed by atoms with van der Waals surface area (Å²) in [4.78, 5) is 12.2. The van der Waals surface area contributed by atoms with Gasteiger partial charge in [-0.3, -0.25) is 4.79 Å². The van der Waals surface area contributed by atoms with Crippen LogP contribution in [0.25, 0.3) is 0 Å². The highest BCUT2D eigenvalue weighted by molar-refractivity contribution is 5.89. The van der Waals surface area contributed by atoms with Crippen LogP contribution in [0.4, 0.5) is 0 Å². The second kappa shape index (κ2) is 4.82. The van der Waals surface area contributed by atoms with Crippen molar-refractivity contribution in [3.8, 4) is 11.5 Å². The number of aliphatic hydroxyl groups is 2. The number of fused-ring (bicyclic) bond motifs is 1. The van der Waals surface area contributed by atoms with Crippen LogP contribution < -0.4 is 0 Å². The van der Waals surface area contributed by atoms with Crippen LogP contribution in [-0.2, 0) is 9.53 Å². The lowest BCUT2D eigenvalue weighted by molar-refractivity contribution is -0.147. The Morgan fingerprint density at radius 1 is 1.10 bits per heavy atom. The Morgan fingerprint density at radius 3 is 2.43 bits per heavy atom. The van der Waals surface area contributed by atoms with Gasteiger partial charge in [0.25, 0.3) is 0 Å². The van der Waals surface area contributed by atoms with E-state index in [1.165, 1.54) is 24.3 Å². The molecule has 1 heterocycles. The fourth-order valence-corrected chi connectivity index (χ4v) is 2.63. The van der Waals surface area contributed by atoms with Crippen molar-refractivity contribution in [1.82, 2.24) is 0 Å². The molecule has 1 saturated heterocycles. The van der Waals surface area contributed by atoms with Crippen LogP contribution in [-0.4, -0.2) is 32.3 Å². The zero-order valence-electron chi connectivity index (χ0n) is 10.9. The van der Waals surface area contributed by atoms with Crippen molar-refractivity contribution in [3.05, 3.63) is 47.4 Å². The Bertz CT molecular complexity index is 640. The van der Waals surface area contributed by atoms with Gasteiger partial charge < -0.3 is 25.2 Å². The van der Waals surface area contributed by atoms with Crippen LogP contribution >= 0.6 is 0 Å². The molecule has 4 N–H and O–H groups in total. The highest BCUT2D eigenvalue weighted by Crippen LogP contribution is 2.40. The van der Waals surface area contributed by atoms with E-state index in [2.05, 4.69) is 0 Å². The van der Waals surface area contributed by atoms with Crippen LogP contribution in [0.5, 0.6) is 11.5 Å². The number of carbonyl (C=O) groups excluding carboxylic acids is 1. The monoisotopic (exact) mass is 290 g/mol. The number of hydrogen-bond acceptors (Lipinski definition) is 6. The van der Waals surface area contributed by atoms with Gasteiger partial charge in [-0.2, -0.15) is 0 Å². The Balaban J connectivity index is 1.99. The predicted molar refractivity (Wildman–Crippen MR) is 71.5 cm³/mol. The lowest BCUT2D eigenvalue weighted by Gasteiger charge is -2.35. The molecule has 0 spiro atoms. The summed E-state index contributed by atoms with van der Waals surface area (Å²) in [5.74, 6) is -1.14. The van der Waals surface area contributed by atoms with Gasteiger partial charge in [0.15, 0.2) is 18.0 Å². The van der Waals surface area contributed by atoms with Crippen molar-refractivity contribution in [2.24, 2.45) is 5.92 Å². The molecule has 1 aliphatic heterocycles. The quantitative estimate of drug-likeness (QED) is 0.623. The van der Waals surface area contributed by atoms with E-state index in [0.717, 1.165) is 6.07 Å². The molecular weight excluding hydrogens is 276 g/mol. The molecular formula is C15H14O6. The zero-order chi connectivity index (χ0) is 15.1. The fourth-order valence-electron chi connectivity index (χ4n) is 2.63. The average molecular weight is 290 g/mol. The number of Topliss-reactive ketones (excluding diaryl/α,β-unsaturated/α-hetero) is 1. The Hall–Kier alpha value is -2.47. The number of hydrogen-bond donors (Lipinski definition) is 4. The molecule has 2 aliphatic rings. The van der Waals surface area contributed by atoms with Crippen LogP contribution in [0.3, 0.4) is 0 Å². The summed E-state index contributed by atoms with van der Waals surface area (Å²) in [6.45, 7) is 0. The van der Waals surface area contributed by atoms with Gasteiger partial charge in [0, 0.05) is 17.7 Å². The number of rotatable bonds is 1. The first-order valence-corrected chi connectivity index (χ1v) is 6.48. The molecule has 0 aromatic heterocycles. The topological polar surface area (TPSA) is 107 Å². The summed E-state index contributed by atoms with van der Waals surface area (Å²) in [6.07, 6.45) is 0.660. The van der Waals surface area contributed by atoms with E-state index in [9.17, 15) is 25.2 Å². The first-order chi connectivity index (χ1) is 9.95. The number of carbonyl (C=O) groups is 1. The molecule has 6 nitrogen and oxygen atoms in total. The van der Waals surface area contributed by atoms with E-state index in [1.54, 1.807) is 0 Å². The van der Waals surface area contributed by atoms with E-state index in [1.807, 2.05) is 0 Å². The molecule has 1 fully saturated rings. The standard InChI is InChI=1S/C15H14O6/c16-8-1-2-11-12(6-8)21-15(14(20)13(11)19)7-3-9(17)5-10(18)4-7/h1,3-6,11,14-18,20H,2H2. The third-order valence-corrected chi connectivity index (χ3v) is 3.63. The van der Waals surface area contributed by atoms with E-state index < -0.39 is 23.9 Å². The largest absolute Gasteiger partial charge is 0.508 e. The van der Waals surface area contributed by atoms with Crippen molar-refractivity contribution < 1.29 is 30.0 Å². The van der Waals surface area contributed by atoms with Gasteiger partial charge in [0.1, 0.15) is 23.0 Å². The van der Waals surface area contributed by atoms with Crippen LogP contribution in [0.2, 0.25) is 0 Å². The third kappa shape index (κ3) is 2.34. The Morgan fingerprint density at radius 2 is 1.76 bits per heavy atom. The van der Waals surface area contributed by atoms with Crippen molar-refractivity contribution in [2.45, 2.75) is 18.6 Å². The van der Waals surface area contributed by atoms with Gasteiger partial charge in [0.05, 0.1) is 5.92 Å². The number of phenols is 2. The molecule has 3 rings (SSSR count). The second-order valence-electron chi connectivity index (χ2n) is 5.13. The van der Waals surface area contributed by atoms with Gasteiger partial charge in [-0.25, -0.2) is 0 Å². The van der Waals surface area contributed by atoms with Crippen molar-refractivity contribution >= 4 is 5.78 Å². The van der Waals surface area contributed by atoms with Crippen LogP contribution in [0, 0.1) is 5.92 Å². The predicted octanol–water partition coefficient (Wildman–Crippen LogP) is 1.44. The lowest BCUT2D eigenvalue weighted by atomic mass is 9.84. The highest BCUT2D eigenvalue weighted by atomic mass is 16.5. The minimum absolute atomic E-state index is 0.00273. The molecule has 1 aromatic carbocycles. The number of aliphatic hydroxyl groups excluding tert-OH is 2. The average Bonchev–Trinajstić information content (AvgIpc) is 2.41. The van der Waals surface area contributed by atoms with Gasteiger partial charge in [-0.05, 0) is 24.6 Å². The number of ketones is 1. The van der Waals surface area contributed by atoms with E-state index in [4.69, 9.17) is 4.74 Å². The SMILES string of the molecule is O=C1C2CC=C(O)C=C2OC(c2cc(O)cc(O)c2)C1O. The molecule has 21 heavy (non-hydrogen) atoms. The molecule has 110 valence electrons. The van der Waals surface area contributed by atoms with Crippen molar-refractivity contribution in [1.29, 1.82) is 0 Å². The summed E-state index contributed by atoms with van der Waals surface area (Å²) < 4.78 is 5.61. The number of benzene rings is 1. The van der Waals surface area contributed by atoms with E-state index >= 15 is 0 Å². The van der Waals surface area contributed by atoms with Gasteiger partial charge in [-0.15, -0.1) is 0 Å². The summed E-state index contributed by atoms with van der Waals surface area (Å²) in [7, 11) is 0. The smallest absolute Gasteiger partial charge is 0.176 e. The molecule has 6 heteroatoms. The number of aromatic hydroxyl groups is 2. The maximum absolute atomic E-state index is 12.2. The molecule has 0 bridgehead atoms. The summed E-state index contributed by atoms with van der Waals surface area (Å²) in [5.41, 5.74) is 0.279. The van der Waals surface area contributed by atoms with E-state index in [-0.39, 0.29) is 35.0 Å². The molecule has 3 atom stereocenters. The number of phenolic OH excluding ortho intramolecular Hbond substituents is 2. The maximum Gasteiger partial charge on any atom is 0.176 e. The van der Waals surface area contributed by atoms with Gasteiger partial charge in [-0.1, -0.05) is 0 Å². The normalized spacial score (nSPS) is 28.2. The van der Waals surface area contributed by atoms with Crippen molar-refractivity contribution in [3.63, 3.8) is 0 Å². The first kappa shape index (κ1) is 13.5. The molecule has 0 radical (unpaired) electrons. The Labute approximate surface area is 120 Å². The lowest BCUT2D eigenvalue weighted by Crippen LogP contribution is -2.41.